The minimum atomic E-state index is -0.291. The van der Waals surface area contributed by atoms with Crippen LogP contribution >= 0.6 is 0 Å². The van der Waals surface area contributed by atoms with Crippen molar-refractivity contribution >= 4 is 5.97 Å². The largest absolute Gasteiger partial charge is 0.462 e. The van der Waals surface area contributed by atoms with Crippen molar-refractivity contribution in [2.24, 2.45) is 7.05 Å². The summed E-state index contributed by atoms with van der Waals surface area (Å²) in [6.07, 6.45) is 7.21. The first kappa shape index (κ1) is 11.3. The molecule has 0 aromatic carbocycles. The van der Waals surface area contributed by atoms with E-state index in [1.54, 1.807) is 17.1 Å². The smallest absolute Gasteiger partial charge is 0.348 e. The van der Waals surface area contributed by atoms with Crippen molar-refractivity contribution in [1.82, 2.24) is 14.7 Å². The Labute approximate surface area is 97.6 Å². The maximum Gasteiger partial charge on any atom is 0.348 e. The Morgan fingerprint density at radius 2 is 2.53 bits per heavy atom. The van der Waals surface area contributed by atoms with E-state index in [1.807, 2.05) is 17.8 Å². The Bertz CT molecular complexity index is 477. The summed E-state index contributed by atoms with van der Waals surface area (Å²) in [4.78, 5) is 15.3. The van der Waals surface area contributed by atoms with Gasteiger partial charge < -0.3 is 9.26 Å². The number of aromatic nitrogens is 4. The Kier molecular flexibility index (Phi) is 3.49. The van der Waals surface area contributed by atoms with E-state index >= 15 is 0 Å². The van der Waals surface area contributed by atoms with Gasteiger partial charge in [0, 0.05) is 0 Å². The van der Waals surface area contributed by atoms with Gasteiger partial charge >= 0.3 is 5.97 Å². The molecule has 2 heterocycles. The molecule has 7 heteroatoms. The molecular formula is C10H13N4O3+. The summed E-state index contributed by atoms with van der Waals surface area (Å²) in [5, 5.41) is 3.46. The van der Waals surface area contributed by atoms with Crippen molar-refractivity contribution in [1.29, 1.82) is 0 Å². The highest BCUT2D eigenvalue weighted by molar-refractivity contribution is 5.69. The van der Waals surface area contributed by atoms with Crippen LogP contribution in [-0.4, -0.2) is 27.3 Å². The maximum atomic E-state index is 11.4. The molecule has 0 N–H and O–H groups in total. The third kappa shape index (κ3) is 3.40. The van der Waals surface area contributed by atoms with Crippen LogP contribution in [0.3, 0.4) is 0 Å². The third-order valence-electron chi connectivity index (χ3n) is 2.12. The van der Waals surface area contributed by atoms with Gasteiger partial charge in [-0.25, -0.2) is 13.9 Å². The van der Waals surface area contributed by atoms with Crippen LogP contribution in [0.25, 0.3) is 0 Å². The number of ether oxygens (including phenoxy) is 1. The zero-order chi connectivity index (χ0) is 12.1. The van der Waals surface area contributed by atoms with Crippen LogP contribution in [-0.2, 0) is 29.5 Å². The molecule has 7 nitrogen and oxygen atoms in total. The lowest BCUT2D eigenvalue weighted by Gasteiger charge is -2.00. The number of esters is 1. The summed E-state index contributed by atoms with van der Waals surface area (Å²) in [6.45, 7) is 0.444. The Balaban J connectivity index is 1.71. The first-order valence-electron chi connectivity index (χ1n) is 5.16. The van der Waals surface area contributed by atoms with E-state index in [1.165, 1.54) is 6.33 Å². The molecule has 2 aromatic heterocycles. The van der Waals surface area contributed by atoms with Crippen molar-refractivity contribution in [3.8, 4) is 0 Å². The van der Waals surface area contributed by atoms with Crippen LogP contribution in [0.2, 0.25) is 0 Å². The quantitative estimate of drug-likeness (QED) is 0.517. The van der Waals surface area contributed by atoms with E-state index in [0.717, 1.165) is 0 Å². The minimum Gasteiger partial charge on any atom is -0.462 e. The van der Waals surface area contributed by atoms with Crippen LogP contribution in [0.1, 0.15) is 5.89 Å². The number of hydrogen-bond donors (Lipinski definition) is 0. The molecule has 0 amide bonds. The van der Waals surface area contributed by atoms with Gasteiger partial charge in [-0.15, -0.1) is 0 Å². The van der Waals surface area contributed by atoms with Crippen molar-refractivity contribution < 1.29 is 18.6 Å². The predicted molar refractivity (Wildman–Crippen MR) is 54.6 cm³/mol. The number of rotatable bonds is 5. The van der Waals surface area contributed by atoms with Gasteiger partial charge in [0.25, 0.3) is 0 Å². The summed E-state index contributed by atoms with van der Waals surface area (Å²) in [6, 6.07) is 0. The monoisotopic (exact) mass is 237 g/mol. The Morgan fingerprint density at radius 1 is 1.65 bits per heavy atom. The number of aryl methyl sites for hydroxylation is 1. The van der Waals surface area contributed by atoms with Gasteiger partial charge in [-0.3, -0.25) is 0 Å². The normalized spacial score (nSPS) is 10.4. The molecule has 2 rings (SSSR count). The zero-order valence-corrected chi connectivity index (χ0v) is 9.44. The van der Waals surface area contributed by atoms with Crippen LogP contribution in [0.15, 0.2) is 29.6 Å². The topological polar surface area (TPSA) is 74.0 Å². The van der Waals surface area contributed by atoms with Crippen molar-refractivity contribution in [2.45, 2.75) is 13.0 Å². The second-order valence-corrected chi connectivity index (χ2v) is 3.56. The van der Waals surface area contributed by atoms with E-state index in [-0.39, 0.29) is 19.1 Å². The van der Waals surface area contributed by atoms with Gasteiger partial charge in [0.1, 0.15) is 19.0 Å². The molecular weight excluding hydrogens is 224 g/mol. The lowest BCUT2D eigenvalue weighted by atomic mass is 10.4. The van der Waals surface area contributed by atoms with Crippen LogP contribution < -0.4 is 4.57 Å². The SMILES string of the molecule is C[n+]1ccn(CC(=O)OCCc2ncno2)c1. The average molecular weight is 237 g/mol. The summed E-state index contributed by atoms with van der Waals surface area (Å²) < 4.78 is 13.4. The van der Waals surface area contributed by atoms with Crippen LogP contribution in [0, 0.1) is 0 Å². The van der Waals surface area contributed by atoms with Crippen molar-refractivity contribution in [2.75, 3.05) is 6.61 Å². The number of nitrogens with zero attached hydrogens (tertiary/aromatic N) is 4. The summed E-state index contributed by atoms with van der Waals surface area (Å²) >= 11 is 0. The molecule has 0 saturated heterocycles. The lowest BCUT2D eigenvalue weighted by molar-refractivity contribution is -0.671. The number of carbonyl (C=O) groups excluding carboxylic acids is 1. The Morgan fingerprint density at radius 3 is 3.18 bits per heavy atom. The van der Waals surface area contributed by atoms with Gasteiger partial charge in [-0.2, -0.15) is 4.98 Å². The van der Waals surface area contributed by atoms with Gasteiger partial charge in [-0.1, -0.05) is 5.16 Å². The van der Waals surface area contributed by atoms with Gasteiger partial charge in [0.2, 0.25) is 12.2 Å². The van der Waals surface area contributed by atoms with Crippen LogP contribution in [0.4, 0.5) is 0 Å². The molecule has 2 aromatic rings. The Hall–Kier alpha value is -2.18. The number of carbonyl (C=O) groups is 1. The summed E-state index contributed by atoms with van der Waals surface area (Å²) in [7, 11) is 1.89. The molecule has 0 spiro atoms. The van der Waals surface area contributed by atoms with E-state index in [9.17, 15) is 4.79 Å². The molecule has 90 valence electrons. The molecule has 0 aliphatic heterocycles. The van der Waals surface area contributed by atoms with Crippen LogP contribution in [0.5, 0.6) is 0 Å². The fourth-order valence-electron chi connectivity index (χ4n) is 1.35. The standard InChI is InChI=1S/C10H13N4O3/c1-13-3-4-14(8-13)6-10(15)16-5-2-9-11-7-12-17-9/h3-4,7-8H,2,5-6H2,1H3/q+1. The first-order valence-corrected chi connectivity index (χ1v) is 5.16. The van der Waals surface area contributed by atoms with E-state index < -0.39 is 0 Å². The van der Waals surface area contributed by atoms with E-state index in [0.29, 0.717) is 12.3 Å². The highest BCUT2D eigenvalue weighted by Gasteiger charge is 2.09. The predicted octanol–water partition coefficient (Wildman–Crippen LogP) is -0.518. The molecule has 0 bridgehead atoms. The van der Waals surface area contributed by atoms with E-state index in [4.69, 9.17) is 9.26 Å². The third-order valence-corrected chi connectivity index (χ3v) is 2.12. The highest BCUT2D eigenvalue weighted by Crippen LogP contribution is 1.94. The first-order chi connectivity index (χ1) is 8.24. The average Bonchev–Trinajstić information content (AvgIpc) is 2.90. The maximum absolute atomic E-state index is 11.4. The van der Waals surface area contributed by atoms with Gasteiger partial charge in [-0.05, 0) is 0 Å². The molecule has 0 aliphatic rings. The number of imidazole rings is 1. The van der Waals surface area contributed by atoms with Crippen molar-refractivity contribution in [3.63, 3.8) is 0 Å². The molecule has 0 unspecified atom stereocenters. The molecule has 0 atom stereocenters. The van der Waals surface area contributed by atoms with E-state index in [2.05, 4.69) is 10.1 Å². The minimum absolute atomic E-state index is 0.199. The molecule has 0 aliphatic carbocycles. The molecule has 0 radical (unpaired) electrons. The molecule has 0 fully saturated rings. The molecule has 17 heavy (non-hydrogen) atoms. The fraction of sp³-hybridized carbons (Fsp3) is 0.400. The van der Waals surface area contributed by atoms with Crippen molar-refractivity contribution in [3.05, 3.63) is 30.9 Å². The van der Waals surface area contributed by atoms with Gasteiger partial charge in [0.05, 0.1) is 13.5 Å². The lowest BCUT2D eigenvalue weighted by Crippen LogP contribution is -2.24. The second-order valence-electron chi connectivity index (χ2n) is 3.56. The zero-order valence-electron chi connectivity index (χ0n) is 9.44. The highest BCUT2D eigenvalue weighted by atomic mass is 16.5. The summed E-state index contributed by atoms with van der Waals surface area (Å²) in [5.74, 6) is 0.172. The fourth-order valence-corrected chi connectivity index (χ4v) is 1.35. The van der Waals surface area contributed by atoms with Gasteiger partial charge in [0.15, 0.2) is 12.9 Å². The number of hydrogen-bond acceptors (Lipinski definition) is 5. The summed E-state index contributed by atoms with van der Waals surface area (Å²) in [5.41, 5.74) is 0. The second kappa shape index (κ2) is 5.24. The molecule has 0 saturated carbocycles.